The maximum absolute atomic E-state index is 13.0. The van der Waals surface area contributed by atoms with Gasteiger partial charge in [0.05, 0.1) is 20.3 Å². The summed E-state index contributed by atoms with van der Waals surface area (Å²) in [5, 5.41) is 4.04. The number of hydrogen-bond acceptors (Lipinski definition) is 5. The fourth-order valence-electron chi connectivity index (χ4n) is 3.01. The van der Waals surface area contributed by atoms with E-state index in [1.165, 1.54) is 12.1 Å². The molecule has 0 unspecified atom stereocenters. The topological polar surface area (TPSA) is 43.0 Å². The summed E-state index contributed by atoms with van der Waals surface area (Å²) >= 11 is 6.44. The molecule has 0 aliphatic carbocycles. The van der Waals surface area contributed by atoms with Crippen molar-refractivity contribution in [3.63, 3.8) is 0 Å². The predicted octanol–water partition coefficient (Wildman–Crippen LogP) is 3.49. The van der Waals surface area contributed by atoms with E-state index in [-0.39, 0.29) is 5.82 Å². The second-order valence-corrected chi connectivity index (χ2v) is 7.05. The van der Waals surface area contributed by atoms with Crippen molar-refractivity contribution in [1.29, 1.82) is 0 Å². The van der Waals surface area contributed by atoms with Crippen LogP contribution in [0.15, 0.2) is 36.4 Å². The van der Waals surface area contributed by atoms with Gasteiger partial charge in [-0.1, -0.05) is 23.7 Å². The van der Waals surface area contributed by atoms with Crippen LogP contribution in [0.1, 0.15) is 11.1 Å². The quantitative estimate of drug-likeness (QED) is 0.643. The Balaban J connectivity index is 1.53. The van der Waals surface area contributed by atoms with Gasteiger partial charge in [-0.25, -0.2) is 4.39 Å². The van der Waals surface area contributed by atoms with Crippen molar-refractivity contribution in [1.82, 2.24) is 10.2 Å². The van der Waals surface area contributed by atoms with Crippen LogP contribution in [0, 0.1) is 5.82 Å². The van der Waals surface area contributed by atoms with E-state index in [1.54, 1.807) is 25.3 Å². The maximum Gasteiger partial charge on any atom is 0.163 e. The van der Waals surface area contributed by atoms with Crippen LogP contribution in [0.2, 0.25) is 5.02 Å². The number of ether oxygens (including phenoxy) is 3. The molecule has 0 aromatic heterocycles. The summed E-state index contributed by atoms with van der Waals surface area (Å²) in [6.07, 6.45) is 0. The molecule has 0 saturated carbocycles. The molecule has 2 aromatic rings. The number of nitrogens with zero attached hydrogens (tertiary/aromatic N) is 1. The van der Waals surface area contributed by atoms with Crippen LogP contribution >= 0.6 is 11.6 Å². The molecule has 0 atom stereocenters. The molecule has 5 nitrogen and oxygen atoms in total. The van der Waals surface area contributed by atoms with E-state index in [0.29, 0.717) is 29.7 Å². The minimum absolute atomic E-state index is 0.269. The molecule has 1 aliphatic rings. The van der Waals surface area contributed by atoms with E-state index in [1.807, 2.05) is 6.07 Å². The first-order valence-electron chi connectivity index (χ1n) is 9.40. The van der Waals surface area contributed by atoms with Crippen LogP contribution < -0.4 is 14.8 Å². The second-order valence-electron chi connectivity index (χ2n) is 6.64. The van der Waals surface area contributed by atoms with Crippen LogP contribution in [0.4, 0.5) is 4.39 Å². The van der Waals surface area contributed by atoms with E-state index in [0.717, 1.165) is 50.5 Å². The molecule has 1 N–H and O–H groups in total. The van der Waals surface area contributed by atoms with Gasteiger partial charge in [-0.3, -0.25) is 4.90 Å². The molecular weight excluding hydrogens is 383 g/mol. The first kappa shape index (κ1) is 20.9. The molecule has 0 spiro atoms. The molecule has 152 valence electrons. The Bertz CT molecular complexity index is 752. The number of nitrogens with one attached hydrogen (secondary N) is 1. The molecule has 1 fully saturated rings. The zero-order valence-corrected chi connectivity index (χ0v) is 16.8. The molecule has 28 heavy (non-hydrogen) atoms. The van der Waals surface area contributed by atoms with Gasteiger partial charge >= 0.3 is 0 Å². The van der Waals surface area contributed by atoms with Crippen LogP contribution in [-0.2, 0) is 17.9 Å². The highest BCUT2D eigenvalue weighted by Gasteiger charge is 2.12. The second kappa shape index (κ2) is 10.6. The molecule has 7 heteroatoms. The lowest BCUT2D eigenvalue weighted by atomic mass is 10.2. The summed E-state index contributed by atoms with van der Waals surface area (Å²) in [6.45, 7) is 6.40. The molecular formula is C21H26ClFN2O3. The minimum Gasteiger partial charge on any atom is -0.493 e. The van der Waals surface area contributed by atoms with Crippen LogP contribution in [0.5, 0.6) is 11.5 Å². The van der Waals surface area contributed by atoms with E-state index in [2.05, 4.69) is 10.2 Å². The van der Waals surface area contributed by atoms with Crippen molar-refractivity contribution in [2.45, 2.75) is 13.2 Å². The number of rotatable bonds is 9. The maximum atomic E-state index is 13.0. The van der Waals surface area contributed by atoms with E-state index in [9.17, 15) is 4.39 Å². The molecule has 1 saturated heterocycles. The lowest BCUT2D eigenvalue weighted by Crippen LogP contribution is -2.40. The number of hydrogen-bond donors (Lipinski definition) is 1. The van der Waals surface area contributed by atoms with Gasteiger partial charge in [-0.15, -0.1) is 0 Å². The summed E-state index contributed by atoms with van der Waals surface area (Å²) in [5.74, 6) is 0.917. The van der Waals surface area contributed by atoms with E-state index in [4.69, 9.17) is 25.8 Å². The lowest BCUT2D eigenvalue weighted by molar-refractivity contribution is 0.0384. The smallest absolute Gasteiger partial charge is 0.163 e. The number of halogens is 2. The normalized spacial score (nSPS) is 14.8. The zero-order valence-electron chi connectivity index (χ0n) is 16.0. The number of benzene rings is 2. The van der Waals surface area contributed by atoms with Crippen LogP contribution in [0.3, 0.4) is 0 Å². The van der Waals surface area contributed by atoms with Gasteiger partial charge in [-0.2, -0.15) is 0 Å². The van der Waals surface area contributed by atoms with Gasteiger partial charge in [0.1, 0.15) is 12.4 Å². The Morgan fingerprint density at radius 2 is 1.89 bits per heavy atom. The summed E-state index contributed by atoms with van der Waals surface area (Å²) in [7, 11) is 1.60. The molecule has 0 bridgehead atoms. The fourth-order valence-corrected chi connectivity index (χ4v) is 3.23. The van der Waals surface area contributed by atoms with E-state index < -0.39 is 0 Å². The minimum atomic E-state index is -0.269. The average molecular weight is 409 g/mol. The van der Waals surface area contributed by atoms with E-state index >= 15 is 0 Å². The average Bonchev–Trinajstić information content (AvgIpc) is 2.72. The Morgan fingerprint density at radius 3 is 2.61 bits per heavy atom. The highest BCUT2D eigenvalue weighted by molar-refractivity contribution is 6.31. The molecule has 0 radical (unpaired) electrons. The van der Waals surface area contributed by atoms with Crippen molar-refractivity contribution in [3.8, 4) is 11.5 Å². The summed E-state index contributed by atoms with van der Waals surface area (Å²) in [4.78, 5) is 2.38. The van der Waals surface area contributed by atoms with Crippen molar-refractivity contribution in [2.75, 3.05) is 46.5 Å². The Labute approximate surface area is 170 Å². The number of methoxy groups -OCH3 is 1. The third kappa shape index (κ3) is 6.07. The first-order valence-corrected chi connectivity index (χ1v) is 9.78. The molecule has 2 aromatic carbocycles. The first-order chi connectivity index (χ1) is 13.7. The molecule has 1 aliphatic heterocycles. The third-order valence-corrected chi connectivity index (χ3v) is 5.02. The standard InChI is InChI=1S/C21H26ClFN2O3/c1-26-20-12-17(14-24-6-7-25-8-10-27-11-9-25)19(22)13-21(20)28-15-16-2-4-18(23)5-3-16/h2-5,12-13,24H,6-11,14-15H2,1H3. The molecule has 1 heterocycles. The van der Waals surface area contributed by atoms with Crippen LogP contribution in [0.25, 0.3) is 0 Å². The van der Waals surface area contributed by atoms with Gasteiger partial charge in [0.2, 0.25) is 0 Å². The van der Waals surface area contributed by atoms with Gasteiger partial charge in [0.15, 0.2) is 11.5 Å². The monoisotopic (exact) mass is 408 g/mol. The van der Waals surface area contributed by atoms with Gasteiger partial charge < -0.3 is 19.5 Å². The van der Waals surface area contributed by atoms with Crippen molar-refractivity contribution >= 4 is 11.6 Å². The summed E-state index contributed by atoms with van der Waals surface area (Å²) in [6, 6.07) is 9.86. The lowest BCUT2D eigenvalue weighted by Gasteiger charge is -2.26. The van der Waals surface area contributed by atoms with Crippen molar-refractivity contribution < 1.29 is 18.6 Å². The Morgan fingerprint density at radius 1 is 1.14 bits per heavy atom. The van der Waals surface area contributed by atoms with Crippen LogP contribution in [-0.4, -0.2) is 51.4 Å². The van der Waals surface area contributed by atoms with Crippen molar-refractivity contribution in [3.05, 3.63) is 58.4 Å². The fraction of sp³-hybridized carbons (Fsp3) is 0.429. The highest BCUT2D eigenvalue weighted by atomic mass is 35.5. The summed E-state index contributed by atoms with van der Waals surface area (Å²) < 4.78 is 29.6. The number of morpholine rings is 1. The summed E-state index contributed by atoms with van der Waals surface area (Å²) in [5.41, 5.74) is 1.82. The largest absolute Gasteiger partial charge is 0.493 e. The van der Waals surface area contributed by atoms with Gasteiger partial charge in [-0.05, 0) is 29.3 Å². The highest BCUT2D eigenvalue weighted by Crippen LogP contribution is 2.34. The Kier molecular flexibility index (Phi) is 7.91. The van der Waals surface area contributed by atoms with Gasteiger partial charge in [0, 0.05) is 43.8 Å². The van der Waals surface area contributed by atoms with Gasteiger partial charge in [0.25, 0.3) is 0 Å². The third-order valence-electron chi connectivity index (χ3n) is 4.66. The Hall–Kier alpha value is -1.86. The zero-order chi connectivity index (χ0) is 19.8. The SMILES string of the molecule is COc1cc(CNCCN2CCOCC2)c(Cl)cc1OCc1ccc(F)cc1. The predicted molar refractivity (Wildman–Crippen MR) is 108 cm³/mol. The molecule has 0 amide bonds. The van der Waals surface area contributed by atoms with Crippen molar-refractivity contribution in [2.24, 2.45) is 0 Å². The molecule has 3 rings (SSSR count).